The summed E-state index contributed by atoms with van der Waals surface area (Å²) in [5.41, 5.74) is 0.177. The van der Waals surface area contributed by atoms with Gasteiger partial charge in [-0.25, -0.2) is 9.78 Å². The van der Waals surface area contributed by atoms with Crippen LogP contribution in [0.1, 0.15) is 45.4 Å². The van der Waals surface area contributed by atoms with E-state index in [1.807, 2.05) is 11.4 Å². The Morgan fingerprint density at radius 1 is 1.52 bits per heavy atom. The molecule has 7 nitrogen and oxygen atoms in total. The predicted molar refractivity (Wildman–Crippen MR) is 103 cm³/mol. The van der Waals surface area contributed by atoms with E-state index in [4.69, 9.17) is 9.15 Å². The van der Waals surface area contributed by atoms with Crippen molar-refractivity contribution in [2.45, 2.75) is 32.2 Å². The molecule has 0 saturated carbocycles. The summed E-state index contributed by atoms with van der Waals surface area (Å²) in [6, 6.07) is 1.84. The molecule has 1 atom stereocenters. The number of amides is 1. The Morgan fingerprint density at radius 3 is 3.00 bits per heavy atom. The molecule has 3 rings (SSSR count). The molecule has 1 amide bonds. The van der Waals surface area contributed by atoms with E-state index in [1.165, 1.54) is 11.3 Å². The van der Waals surface area contributed by atoms with Crippen molar-refractivity contribution < 1.29 is 13.9 Å². The van der Waals surface area contributed by atoms with E-state index in [0.717, 1.165) is 30.9 Å². The van der Waals surface area contributed by atoms with Gasteiger partial charge >= 0.3 is 5.63 Å². The first-order valence-electron chi connectivity index (χ1n) is 9.12. The van der Waals surface area contributed by atoms with Crippen molar-refractivity contribution in [3.63, 3.8) is 0 Å². The Balaban J connectivity index is 1.85. The third-order valence-corrected chi connectivity index (χ3v) is 5.51. The number of nitrogens with zero attached hydrogens (tertiary/aromatic N) is 2. The van der Waals surface area contributed by atoms with Crippen LogP contribution in [-0.4, -0.2) is 49.1 Å². The number of aryl methyl sites for hydroxylation is 1. The summed E-state index contributed by atoms with van der Waals surface area (Å²) in [6.07, 6.45) is 3.73. The molecule has 27 heavy (non-hydrogen) atoms. The summed E-state index contributed by atoms with van der Waals surface area (Å²) in [7, 11) is 1.58. The van der Waals surface area contributed by atoms with E-state index < -0.39 is 5.63 Å². The van der Waals surface area contributed by atoms with Gasteiger partial charge in [-0.15, -0.1) is 11.3 Å². The number of carbonyl (C=O) groups excluding carboxylic acids is 1. The lowest BCUT2D eigenvalue weighted by Gasteiger charge is -2.24. The second-order valence-corrected chi connectivity index (χ2v) is 7.66. The van der Waals surface area contributed by atoms with Crippen LogP contribution in [0.3, 0.4) is 0 Å². The molecule has 2 aromatic heterocycles. The smallest absolute Gasteiger partial charge is 0.349 e. The fourth-order valence-electron chi connectivity index (χ4n) is 3.29. The first-order chi connectivity index (χ1) is 13.1. The summed E-state index contributed by atoms with van der Waals surface area (Å²) in [5.74, 6) is 0.487. The van der Waals surface area contributed by atoms with Gasteiger partial charge in [-0.1, -0.05) is 0 Å². The fourth-order valence-corrected chi connectivity index (χ4v) is 3.92. The van der Waals surface area contributed by atoms with Crippen molar-refractivity contribution in [1.82, 2.24) is 15.2 Å². The largest absolute Gasteiger partial charge is 0.427 e. The van der Waals surface area contributed by atoms with Crippen LogP contribution in [0.5, 0.6) is 0 Å². The quantitative estimate of drug-likeness (QED) is 0.779. The second kappa shape index (κ2) is 9.25. The highest BCUT2D eigenvalue weighted by atomic mass is 32.1. The Bertz CT molecular complexity index is 813. The average molecular weight is 391 g/mol. The van der Waals surface area contributed by atoms with Gasteiger partial charge in [-0.3, -0.25) is 4.79 Å². The SMILES string of the molecule is COCCN(Cc1nccs1)C(=O)c1c(C)cc(C2CCCNC2)oc1=O. The molecule has 1 saturated heterocycles. The number of rotatable bonds is 7. The lowest BCUT2D eigenvalue weighted by atomic mass is 9.95. The zero-order valence-corrected chi connectivity index (χ0v) is 16.5. The van der Waals surface area contributed by atoms with Gasteiger partial charge in [-0.2, -0.15) is 0 Å². The standard InChI is InChI=1S/C19H25N3O4S/c1-13-10-15(14-4-3-5-20-11-14)26-19(24)17(13)18(23)22(7-8-25-2)12-16-21-6-9-27-16/h6,9-10,14,20H,3-5,7-8,11-12H2,1-2H3. The molecule has 0 aromatic carbocycles. The molecule has 0 bridgehead atoms. The van der Waals surface area contributed by atoms with Gasteiger partial charge in [-0.05, 0) is 37.9 Å². The molecule has 0 spiro atoms. The first-order valence-corrected chi connectivity index (χ1v) is 10.00. The zero-order valence-electron chi connectivity index (χ0n) is 15.7. The van der Waals surface area contributed by atoms with Crippen LogP contribution in [-0.2, 0) is 11.3 Å². The molecule has 0 aliphatic carbocycles. The maximum Gasteiger partial charge on any atom is 0.349 e. The van der Waals surface area contributed by atoms with Crippen molar-refractivity contribution in [3.05, 3.63) is 50.0 Å². The van der Waals surface area contributed by atoms with Crippen LogP contribution in [0.25, 0.3) is 0 Å². The summed E-state index contributed by atoms with van der Waals surface area (Å²) in [6.45, 7) is 4.67. The highest BCUT2D eigenvalue weighted by Gasteiger charge is 2.26. The van der Waals surface area contributed by atoms with Gasteiger partial charge in [0, 0.05) is 37.7 Å². The highest BCUT2D eigenvalue weighted by molar-refractivity contribution is 7.09. The van der Waals surface area contributed by atoms with Gasteiger partial charge < -0.3 is 19.4 Å². The van der Waals surface area contributed by atoms with Crippen LogP contribution in [0, 0.1) is 6.92 Å². The van der Waals surface area contributed by atoms with Crippen molar-refractivity contribution in [2.75, 3.05) is 33.4 Å². The molecule has 8 heteroatoms. The highest BCUT2D eigenvalue weighted by Crippen LogP contribution is 2.24. The number of hydrogen-bond acceptors (Lipinski definition) is 7. The average Bonchev–Trinajstić information content (AvgIpc) is 3.18. The zero-order chi connectivity index (χ0) is 19.2. The molecule has 0 radical (unpaired) electrons. The number of methoxy groups -OCH3 is 1. The van der Waals surface area contributed by atoms with Gasteiger partial charge in [0.05, 0.1) is 13.2 Å². The lowest BCUT2D eigenvalue weighted by Crippen LogP contribution is -2.37. The van der Waals surface area contributed by atoms with E-state index in [-0.39, 0.29) is 17.4 Å². The maximum atomic E-state index is 13.1. The number of nitrogens with one attached hydrogen (secondary N) is 1. The Kier molecular flexibility index (Phi) is 6.76. The third kappa shape index (κ3) is 4.82. The van der Waals surface area contributed by atoms with Crippen molar-refractivity contribution in [1.29, 1.82) is 0 Å². The second-order valence-electron chi connectivity index (χ2n) is 6.68. The Labute approximate surface area is 162 Å². The molecular formula is C19H25N3O4S. The van der Waals surface area contributed by atoms with E-state index in [9.17, 15) is 9.59 Å². The summed E-state index contributed by atoms with van der Waals surface area (Å²) >= 11 is 1.47. The molecule has 1 N–H and O–H groups in total. The normalized spacial score (nSPS) is 17.0. The van der Waals surface area contributed by atoms with Gasteiger partial charge in [0.15, 0.2) is 0 Å². The number of thiazole rings is 1. The molecule has 1 aliphatic rings. The topological polar surface area (TPSA) is 84.7 Å². The molecular weight excluding hydrogens is 366 g/mol. The van der Waals surface area contributed by atoms with E-state index in [2.05, 4.69) is 10.3 Å². The minimum atomic E-state index is -0.567. The van der Waals surface area contributed by atoms with Crippen LogP contribution < -0.4 is 10.9 Å². The van der Waals surface area contributed by atoms with Crippen molar-refractivity contribution in [3.8, 4) is 0 Å². The number of hydrogen-bond donors (Lipinski definition) is 1. The summed E-state index contributed by atoms with van der Waals surface area (Å²) in [5, 5.41) is 5.99. The number of carbonyl (C=O) groups is 1. The molecule has 1 unspecified atom stereocenters. The number of aromatic nitrogens is 1. The predicted octanol–water partition coefficient (Wildman–Crippen LogP) is 2.16. The van der Waals surface area contributed by atoms with Crippen molar-refractivity contribution in [2.24, 2.45) is 0 Å². The van der Waals surface area contributed by atoms with Gasteiger partial charge in [0.25, 0.3) is 5.91 Å². The first kappa shape index (κ1) is 19.7. The van der Waals surface area contributed by atoms with Crippen LogP contribution >= 0.6 is 11.3 Å². The third-order valence-electron chi connectivity index (χ3n) is 4.74. The van der Waals surface area contributed by atoms with E-state index in [0.29, 0.717) is 31.0 Å². The fraction of sp³-hybridized carbons (Fsp3) is 0.526. The van der Waals surface area contributed by atoms with Gasteiger partial charge in [0.1, 0.15) is 16.3 Å². The molecule has 1 fully saturated rings. The maximum absolute atomic E-state index is 13.1. The van der Waals surface area contributed by atoms with E-state index in [1.54, 1.807) is 25.1 Å². The lowest BCUT2D eigenvalue weighted by molar-refractivity contribution is 0.0674. The molecule has 2 aromatic rings. The van der Waals surface area contributed by atoms with Crippen LogP contribution in [0.15, 0.2) is 26.9 Å². The number of ether oxygens (including phenoxy) is 1. The van der Waals surface area contributed by atoms with Crippen LogP contribution in [0.2, 0.25) is 0 Å². The molecule has 3 heterocycles. The van der Waals surface area contributed by atoms with Crippen LogP contribution in [0.4, 0.5) is 0 Å². The Morgan fingerprint density at radius 2 is 2.37 bits per heavy atom. The molecule has 146 valence electrons. The Hall–Kier alpha value is -2.03. The molecule has 1 aliphatic heterocycles. The minimum Gasteiger partial charge on any atom is -0.427 e. The van der Waals surface area contributed by atoms with Gasteiger partial charge in [0.2, 0.25) is 0 Å². The summed E-state index contributed by atoms with van der Waals surface area (Å²) in [4.78, 5) is 31.6. The summed E-state index contributed by atoms with van der Waals surface area (Å²) < 4.78 is 10.7. The number of piperidine rings is 1. The minimum absolute atomic E-state index is 0.0928. The van der Waals surface area contributed by atoms with Crippen molar-refractivity contribution >= 4 is 17.2 Å². The monoisotopic (exact) mass is 391 g/mol. The van der Waals surface area contributed by atoms with E-state index >= 15 is 0 Å².